The van der Waals surface area contributed by atoms with Gasteiger partial charge in [0.15, 0.2) is 5.11 Å². The normalized spacial score (nSPS) is 18.3. The number of hydrogen-bond acceptors (Lipinski definition) is 3. The molecule has 0 radical (unpaired) electrons. The molecule has 0 aliphatic carbocycles. The number of benzene rings is 1. The summed E-state index contributed by atoms with van der Waals surface area (Å²) in [6.07, 6.45) is 6.28. The Hall–Kier alpha value is -1.46. The number of nitrogens with zero attached hydrogens (tertiary/aromatic N) is 1. The van der Waals surface area contributed by atoms with Gasteiger partial charge in [0, 0.05) is 19.4 Å². The molecule has 0 saturated carbocycles. The van der Waals surface area contributed by atoms with Gasteiger partial charge in [0.1, 0.15) is 0 Å². The molecule has 1 aromatic rings. The van der Waals surface area contributed by atoms with E-state index in [0.29, 0.717) is 5.11 Å². The standard InChI is InChI=1S/C15H21N3OS/c20-15(16-12-14-9-5-11-19-14)18-17-10-4-8-13-6-2-1-3-7-13/h1-3,6-7,10,14H,4-5,8-9,11-12H2,(H2,16,18,20)/b17-10-/t14-/m0/s1. The van der Waals surface area contributed by atoms with Gasteiger partial charge in [0.2, 0.25) is 0 Å². The molecule has 1 fully saturated rings. The van der Waals surface area contributed by atoms with Crippen LogP contribution < -0.4 is 10.7 Å². The van der Waals surface area contributed by atoms with E-state index in [0.717, 1.165) is 38.8 Å². The lowest BCUT2D eigenvalue weighted by Crippen LogP contribution is -2.37. The van der Waals surface area contributed by atoms with Gasteiger partial charge in [-0.05, 0) is 43.5 Å². The van der Waals surface area contributed by atoms with Crippen LogP contribution >= 0.6 is 12.2 Å². The van der Waals surface area contributed by atoms with E-state index in [4.69, 9.17) is 17.0 Å². The number of thiocarbonyl (C=S) groups is 1. The molecule has 1 saturated heterocycles. The van der Waals surface area contributed by atoms with Crippen molar-refractivity contribution in [3.63, 3.8) is 0 Å². The molecule has 20 heavy (non-hydrogen) atoms. The summed E-state index contributed by atoms with van der Waals surface area (Å²) in [5.74, 6) is 0. The molecule has 0 bridgehead atoms. The van der Waals surface area contributed by atoms with Crippen LogP contribution in [0.5, 0.6) is 0 Å². The fourth-order valence-electron chi connectivity index (χ4n) is 2.10. The van der Waals surface area contributed by atoms with Crippen LogP contribution in [0.4, 0.5) is 0 Å². The minimum Gasteiger partial charge on any atom is -0.376 e. The number of hydrogen-bond donors (Lipinski definition) is 2. The lowest BCUT2D eigenvalue weighted by Gasteiger charge is -2.11. The molecule has 2 N–H and O–H groups in total. The Labute approximate surface area is 125 Å². The summed E-state index contributed by atoms with van der Waals surface area (Å²) < 4.78 is 5.51. The highest BCUT2D eigenvalue weighted by Crippen LogP contribution is 2.10. The van der Waals surface area contributed by atoms with Crippen LogP contribution in [-0.2, 0) is 11.2 Å². The smallest absolute Gasteiger partial charge is 0.187 e. The van der Waals surface area contributed by atoms with E-state index in [-0.39, 0.29) is 6.10 Å². The van der Waals surface area contributed by atoms with Crippen molar-refractivity contribution in [3.8, 4) is 0 Å². The number of nitrogens with one attached hydrogen (secondary N) is 2. The van der Waals surface area contributed by atoms with E-state index in [1.54, 1.807) is 0 Å². The third-order valence-corrected chi connectivity index (χ3v) is 3.41. The second-order valence-electron chi connectivity index (χ2n) is 4.79. The van der Waals surface area contributed by atoms with Gasteiger partial charge < -0.3 is 10.1 Å². The molecule has 5 heteroatoms. The second kappa shape index (κ2) is 8.66. The van der Waals surface area contributed by atoms with Crippen molar-refractivity contribution in [2.45, 2.75) is 31.8 Å². The maximum atomic E-state index is 5.51. The Morgan fingerprint density at radius 2 is 2.25 bits per heavy atom. The Balaban J connectivity index is 1.54. The van der Waals surface area contributed by atoms with Crippen molar-refractivity contribution >= 4 is 23.5 Å². The van der Waals surface area contributed by atoms with Gasteiger partial charge in [-0.2, -0.15) is 5.10 Å². The number of hydrazone groups is 1. The van der Waals surface area contributed by atoms with Crippen molar-refractivity contribution in [1.29, 1.82) is 0 Å². The van der Waals surface area contributed by atoms with E-state index in [2.05, 4.69) is 40.1 Å². The van der Waals surface area contributed by atoms with Crippen LogP contribution in [0.3, 0.4) is 0 Å². The number of aryl methyl sites for hydroxylation is 1. The monoisotopic (exact) mass is 291 g/mol. The van der Waals surface area contributed by atoms with Gasteiger partial charge >= 0.3 is 0 Å². The van der Waals surface area contributed by atoms with Gasteiger partial charge in [-0.3, -0.25) is 5.43 Å². The summed E-state index contributed by atoms with van der Waals surface area (Å²) in [4.78, 5) is 0. The fourth-order valence-corrected chi connectivity index (χ4v) is 2.23. The topological polar surface area (TPSA) is 45.6 Å². The summed E-state index contributed by atoms with van der Waals surface area (Å²) in [6, 6.07) is 10.4. The average Bonchev–Trinajstić information content (AvgIpc) is 2.99. The first-order valence-corrected chi connectivity index (χ1v) is 7.46. The molecule has 108 valence electrons. The van der Waals surface area contributed by atoms with Crippen LogP contribution in [0.15, 0.2) is 35.4 Å². The van der Waals surface area contributed by atoms with E-state index in [9.17, 15) is 0 Å². The maximum Gasteiger partial charge on any atom is 0.187 e. The van der Waals surface area contributed by atoms with E-state index >= 15 is 0 Å². The first-order valence-electron chi connectivity index (χ1n) is 7.05. The molecule has 0 aromatic heterocycles. The summed E-state index contributed by atoms with van der Waals surface area (Å²) in [6.45, 7) is 1.62. The molecular weight excluding hydrogens is 270 g/mol. The Morgan fingerprint density at radius 1 is 1.40 bits per heavy atom. The van der Waals surface area contributed by atoms with Crippen LogP contribution in [0, 0.1) is 0 Å². The summed E-state index contributed by atoms with van der Waals surface area (Å²) >= 11 is 5.14. The first kappa shape index (κ1) is 14.9. The van der Waals surface area contributed by atoms with Gasteiger partial charge in [0.05, 0.1) is 6.10 Å². The lowest BCUT2D eigenvalue weighted by molar-refractivity contribution is 0.114. The lowest BCUT2D eigenvalue weighted by atomic mass is 10.1. The highest BCUT2D eigenvalue weighted by molar-refractivity contribution is 7.80. The summed E-state index contributed by atoms with van der Waals surface area (Å²) in [5.41, 5.74) is 4.14. The number of rotatable bonds is 6. The molecule has 0 unspecified atom stereocenters. The third kappa shape index (κ3) is 5.67. The highest BCUT2D eigenvalue weighted by atomic mass is 32.1. The zero-order valence-electron chi connectivity index (χ0n) is 11.5. The summed E-state index contributed by atoms with van der Waals surface area (Å²) in [5, 5.41) is 7.78. The molecule has 1 aliphatic heterocycles. The van der Waals surface area contributed by atoms with Crippen molar-refractivity contribution in [2.24, 2.45) is 5.10 Å². The molecule has 1 heterocycles. The summed E-state index contributed by atoms with van der Waals surface area (Å²) in [7, 11) is 0. The minimum atomic E-state index is 0.289. The van der Waals surface area contributed by atoms with Crippen LogP contribution in [-0.4, -0.2) is 30.6 Å². The average molecular weight is 291 g/mol. The van der Waals surface area contributed by atoms with Crippen LogP contribution in [0.1, 0.15) is 24.8 Å². The predicted molar refractivity (Wildman–Crippen MR) is 86.0 cm³/mol. The first-order chi connectivity index (χ1) is 9.84. The van der Waals surface area contributed by atoms with E-state index in [1.165, 1.54) is 5.56 Å². The fraction of sp³-hybridized carbons (Fsp3) is 0.467. The van der Waals surface area contributed by atoms with Crippen molar-refractivity contribution < 1.29 is 4.74 Å². The van der Waals surface area contributed by atoms with Gasteiger partial charge in [0.25, 0.3) is 0 Å². The predicted octanol–water partition coefficient (Wildman–Crippen LogP) is 2.25. The minimum absolute atomic E-state index is 0.289. The van der Waals surface area contributed by atoms with Crippen LogP contribution in [0.25, 0.3) is 0 Å². The molecule has 1 atom stereocenters. The molecule has 4 nitrogen and oxygen atoms in total. The van der Waals surface area contributed by atoms with Gasteiger partial charge in [-0.25, -0.2) is 0 Å². The molecule has 2 rings (SSSR count). The highest BCUT2D eigenvalue weighted by Gasteiger charge is 2.14. The van der Waals surface area contributed by atoms with Crippen molar-refractivity contribution in [2.75, 3.05) is 13.2 Å². The second-order valence-corrected chi connectivity index (χ2v) is 5.20. The van der Waals surface area contributed by atoms with Crippen molar-refractivity contribution in [3.05, 3.63) is 35.9 Å². The SMILES string of the molecule is S=C(NC[C@@H]1CCCO1)N/N=C\CCc1ccccc1. The zero-order chi connectivity index (χ0) is 14.0. The Bertz CT molecular complexity index is 430. The third-order valence-electron chi connectivity index (χ3n) is 3.18. The number of ether oxygens (including phenoxy) is 1. The van der Waals surface area contributed by atoms with Gasteiger partial charge in [-0.1, -0.05) is 30.3 Å². The van der Waals surface area contributed by atoms with Gasteiger partial charge in [-0.15, -0.1) is 0 Å². The van der Waals surface area contributed by atoms with Crippen molar-refractivity contribution in [1.82, 2.24) is 10.7 Å². The van der Waals surface area contributed by atoms with Crippen LogP contribution in [0.2, 0.25) is 0 Å². The zero-order valence-corrected chi connectivity index (χ0v) is 12.4. The molecule has 0 amide bonds. The largest absolute Gasteiger partial charge is 0.376 e. The Kier molecular flexibility index (Phi) is 6.47. The quantitative estimate of drug-likeness (QED) is 0.479. The van der Waals surface area contributed by atoms with E-state index in [1.807, 2.05) is 12.3 Å². The Morgan fingerprint density at radius 3 is 3.00 bits per heavy atom. The molecule has 1 aliphatic rings. The maximum absolute atomic E-state index is 5.51. The molecule has 0 spiro atoms. The van der Waals surface area contributed by atoms with E-state index < -0.39 is 0 Å². The molecule has 1 aromatic carbocycles. The molecular formula is C15H21N3OS.